The monoisotopic (exact) mass is 392 g/mol. The number of nitrogens with one attached hydrogen (secondary N) is 2. The van der Waals surface area contributed by atoms with Gasteiger partial charge in [0.15, 0.2) is 5.78 Å². The number of carbonyl (C=O) groups is 2. The maximum Gasteiger partial charge on any atom is 0.241 e. The molecule has 0 aliphatic carbocycles. The minimum absolute atomic E-state index is 0.00444. The van der Waals surface area contributed by atoms with Crippen LogP contribution in [0.15, 0.2) is 66.0 Å². The van der Waals surface area contributed by atoms with Crippen molar-refractivity contribution in [2.75, 3.05) is 5.32 Å². The lowest BCUT2D eigenvalue weighted by Gasteiger charge is -2.23. The first-order chi connectivity index (χ1) is 13.4. The number of hydrogen-bond donors (Lipinski definition) is 2. The van der Waals surface area contributed by atoms with Crippen molar-refractivity contribution < 1.29 is 9.59 Å². The van der Waals surface area contributed by atoms with Gasteiger partial charge in [-0.05, 0) is 62.0 Å². The highest BCUT2D eigenvalue weighted by atomic mass is 32.1. The third-order valence-corrected chi connectivity index (χ3v) is 5.54. The molecule has 0 aliphatic heterocycles. The molecule has 2 N–H and O–H groups in total. The molecule has 1 aromatic heterocycles. The van der Waals surface area contributed by atoms with Gasteiger partial charge in [-0.25, -0.2) is 0 Å². The average molecular weight is 393 g/mol. The van der Waals surface area contributed by atoms with E-state index in [9.17, 15) is 9.59 Å². The van der Waals surface area contributed by atoms with E-state index in [2.05, 4.69) is 47.9 Å². The standard InChI is InChI=1S/C23H24N2O2S/c1-15-6-8-19(9-7-15)22(21-5-4-14-28-21)24-16(2)23(27)25-20-12-10-18(11-13-20)17(3)26/h4-14,16,22,24H,1-3H3,(H,25,27)/t16-,22-/m0/s1. The first-order valence-corrected chi connectivity index (χ1v) is 10.1. The molecule has 0 bridgehead atoms. The Morgan fingerprint density at radius 1 is 0.964 bits per heavy atom. The number of amides is 1. The smallest absolute Gasteiger partial charge is 0.241 e. The van der Waals surface area contributed by atoms with Crippen LogP contribution in [0.25, 0.3) is 0 Å². The van der Waals surface area contributed by atoms with E-state index in [4.69, 9.17) is 0 Å². The van der Waals surface area contributed by atoms with Gasteiger partial charge in [0, 0.05) is 16.1 Å². The summed E-state index contributed by atoms with van der Waals surface area (Å²) in [7, 11) is 0. The summed E-state index contributed by atoms with van der Waals surface area (Å²) < 4.78 is 0. The summed E-state index contributed by atoms with van der Waals surface area (Å²) in [5, 5.41) is 8.40. The number of rotatable bonds is 7. The zero-order chi connectivity index (χ0) is 20.1. The molecule has 0 saturated carbocycles. The van der Waals surface area contributed by atoms with E-state index in [1.54, 1.807) is 35.6 Å². The number of benzene rings is 2. The molecule has 0 saturated heterocycles. The van der Waals surface area contributed by atoms with E-state index in [0.717, 1.165) is 10.4 Å². The van der Waals surface area contributed by atoms with Crippen molar-refractivity contribution in [1.29, 1.82) is 0 Å². The fourth-order valence-electron chi connectivity index (χ4n) is 2.92. The van der Waals surface area contributed by atoms with Crippen LogP contribution in [0, 0.1) is 6.92 Å². The molecule has 28 heavy (non-hydrogen) atoms. The predicted octanol–water partition coefficient (Wildman–Crippen LogP) is 4.97. The second-order valence-electron chi connectivity index (χ2n) is 6.87. The lowest BCUT2D eigenvalue weighted by Crippen LogP contribution is -2.40. The lowest BCUT2D eigenvalue weighted by molar-refractivity contribution is -0.117. The number of anilines is 1. The zero-order valence-electron chi connectivity index (χ0n) is 16.2. The second-order valence-corrected chi connectivity index (χ2v) is 7.85. The van der Waals surface area contributed by atoms with E-state index >= 15 is 0 Å². The topological polar surface area (TPSA) is 58.2 Å². The Morgan fingerprint density at radius 3 is 2.21 bits per heavy atom. The number of ketones is 1. The minimum atomic E-state index is -0.402. The first kappa shape index (κ1) is 20.0. The first-order valence-electron chi connectivity index (χ1n) is 9.22. The van der Waals surface area contributed by atoms with Crippen LogP contribution in [0.1, 0.15) is 46.3 Å². The fraction of sp³-hybridized carbons (Fsp3) is 0.217. The van der Waals surface area contributed by atoms with Gasteiger partial charge in [0.2, 0.25) is 5.91 Å². The molecule has 4 nitrogen and oxygen atoms in total. The number of carbonyl (C=O) groups excluding carboxylic acids is 2. The van der Waals surface area contributed by atoms with Gasteiger partial charge in [0.05, 0.1) is 12.1 Å². The van der Waals surface area contributed by atoms with E-state index in [-0.39, 0.29) is 17.7 Å². The summed E-state index contributed by atoms with van der Waals surface area (Å²) in [5.74, 6) is -0.117. The highest BCUT2D eigenvalue weighted by Gasteiger charge is 2.21. The number of Topliss-reactive ketones (excluding diaryl/α,β-unsaturated/α-hetero) is 1. The van der Waals surface area contributed by atoms with Gasteiger partial charge in [0.1, 0.15) is 0 Å². The van der Waals surface area contributed by atoms with Crippen LogP contribution in [-0.4, -0.2) is 17.7 Å². The molecule has 0 fully saturated rings. The molecule has 144 valence electrons. The van der Waals surface area contributed by atoms with E-state index in [1.165, 1.54) is 12.5 Å². The van der Waals surface area contributed by atoms with Crippen molar-refractivity contribution in [3.63, 3.8) is 0 Å². The highest BCUT2D eigenvalue weighted by Crippen LogP contribution is 2.27. The van der Waals surface area contributed by atoms with Crippen molar-refractivity contribution in [3.05, 3.63) is 87.6 Å². The summed E-state index contributed by atoms with van der Waals surface area (Å²) in [5.41, 5.74) is 3.62. The Hall–Kier alpha value is -2.76. The molecule has 0 spiro atoms. The van der Waals surface area contributed by atoms with Gasteiger partial charge in [-0.3, -0.25) is 14.9 Å². The normalized spacial score (nSPS) is 13.0. The molecule has 2 aromatic carbocycles. The number of hydrogen-bond acceptors (Lipinski definition) is 4. The molecule has 1 amide bonds. The van der Waals surface area contributed by atoms with Crippen LogP contribution in [0.3, 0.4) is 0 Å². The number of thiophene rings is 1. The minimum Gasteiger partial charge on any atom is -0.325 e. The Morgan fingerprint density at radius 2 is 1.64 bits per heavy atom. The Labute approximate surface area is 169 Å². The van der Waals surface area contributed by atoms with Crippen molar-refractivity contribution >= 4 is 28.7 Å². The molecule has 0 radical (unpaired) electrons. The number of aryl methyl sites for hydroxylation is 1. The van der Waals surface area contributed by atoms with Crippen molar-refractivity contribution in [3.8, 4) is 0 Å². The van der Waals surface area contributed by atoms with Gasteiger partial charge in [-0.2, -0.15) is 0 Å². The summed E-state index contributed by atoms with van der Waals surface area (Å²) in [6.07, 6.45) is 0. The predicted molar refractivity (Wildman–Crippen MR) is 115 cm³/mol. The molecule has 3 rings (SSSR count). The third kappa shape index (κ3) is 4.94. The molecular formula is C23H24N2O2S. The van der Waals surface area contributed by atoms with Gasteiger partial charge in [-0.1, -0.05) is 35.9 Å². The van der Waals surface area contributed by atoms with Crippen LogP contribution >= 0.6 is 11.3 Å². The lowest BCUT2D eigenvalue weighted by atomic mass is 10.0. The Bertz CT molecular complexity index is 932. The second kappa shape index (κ2) is 8.95. The van der Waals surface area contributed by atoms with Gasteiger partial charge < -0.3 is 5.32 Å². The van der Waals surface area contributed by atoms with E-state index in [1.807, 2.05) is 18.4 Å². The van der Waals surface area contributed by atoms with Crippen molar-refractivity contribution in [1.82, 2.24) is 5.32 Å². The zero-order valence-corrected chi connectivity index (χ0v) is 17.0. The van der Waals surface area contributed by atoms with Gasteiger partial charge >= 0.3 is 0 Å². The molecular weight excluding hydrogens is 368 g/mol. The summed E-state index contributed by atoms with van der Waals surface area (Å²) in [4.78, 5) is 25.2. The van der Waals surface area contributed by atoms with Crippen LogP contribution in [0.2, 0.25) is 0 Å². The highest BCUT2D eigenvalue weighted by molar-refractivity contribution is 7.10. The summed E-state index contributed by atoms with van der Waals surface area (Å²) in [6, 6.07) is 18.9. The van der Waals surface area contributed by atoms with Gasteiger partial charge in [0.25, 0.3) is 0 Å². The molecule has 2 atom stereocenters. The average Bonchev–Trinajstić information content (AvgIpc) is 3.21. The maximum absolute atomic E-state index is 12.7. The van der Waals surface area contributed by atoms with Crippen LogP contribution in [0.4, 0.5) is 5.69 Å². The SMILES string of the molecule is CC(=O)c1ccc(NC(=O)[C@H](C)N[C@@H](c2ccc(C)cc2)c2cccs2)cc1. The largest absolute Gasteiger partial charge is 0.325 e. The van der Waals surface area contributed by atoms with Gasteiger partial charge in [-0.15, -0.1) is 11.3 Å². The summed E-state index contributed by atoms with van der Waals surface area (Å²) in [6.45, 7) is 5.44. The molecule has 1 heterocycles. The fourth-order valence-corrected chi connectivity index (χ4v) is 3.73. The maximum atomic E-state index is 12.7. The Balaban J connectivity index is 1.72. The van der Waals surface area contributed by atoms with Crippen LogP contribution in [-0.2, 0) is 4.79 Å². The third-order valence-electron chi connectivity index (χ3n) is 4.61. The van der Waals surface area contributed by atoms with E-state index < -0.39 is 6.04 Å². The van der Waals surface area contributed by atoms with Crippen LogP contribution in [0.5, 0.6) is 0 Å². The summed E-state index contributed by atoms with van der Waals surface area (Å²) >= 11 is 1.67. The van der Waals surface area contributed by atoms with E-state index in [0.29, 0.717) is 11.3 Å². The van der Waals surface area contributed by atoms with Crippen molar-refractivity contribution in [2.24, 2.45) is 0 Å². The Kier molecular flexibility index (Phi) is 6.39. The van der Waals surface area contributed by atoms with Crippen LogP contribution < -0.4 is 10.6 Å². The quantitative estimate of drug-likeness (QED) is 0.559. The molecule has 0 unspecified atom stereocenters. The van der Waals surface area contributed by atoms with Crippen molar-refractivity contribution in [2.45, 2.75) is 32.9 Å². The molecule has 0 aliphatic rings. The molecule has 3 aromatic rings. The molecule has 5 heteroatoms.